The maximum absolute atomic E-state index is 13.1. The lowest BCUT2D eigenvalue weighted by Gasteiger charge is -2.08. The number of hydrogen-bond acceptors (Lipinski definition) is 5. The lowest BCUT2D eigenvalue weighted by Crippen LogP contribution is -2.08. The third kappa shape index (κ3) is 3.44. The van der Waals surface area contributed by atoms with Crippen LogP contribution in [0.2, 0.25) is 0 Å². The molecule has 0 aliphatic heterocycles. The minimum Gasteiger partial charge on any atom is -0.462 e. The molecule has 1 aromatic carbocycles. The van der Waals surface area contributed by atoms with Crippen LogP contribution in [0.5, 0.6) is 11.6 Å². The third-order valence-electron chi connectivity index (χ3n) is 2.52. The molecule has 0 aliphatic carbocycles. The Labute approximate surface area is 119 Å². The van der Waals surface area contributed by atoms with E-state index in [0.29, 0.717) is 0 Å². The van der Waals surface area contributed by atoms with E-state index in [9.17, 15) is 13.6 Å². The van der Waals surface area contributed by atoms with Crippen molar-refractivity contribution in [3.05, 3.63) is 47.7 Å². The van der Waals surface area contributed by atoms with Gasteiger partial charge in [0.25, 0.3) is 0 Å². The number of carbonyl (C=O) groups excluding carboxylic acids is 1. The Balaban J connectivity index is 2.26. The highest BCUT2D eigenvalue weighted by atomic mass is 19.2. The molecule has 0 radical (unpaired) electrons. The summed E-state index contributed by atoms with van der Waals surface area (Å²) in [6.07, 6.45) is 1.22. The van der Waals surface area contributed by atoms with E-state index < -0.39 is 17.6 Å². The number of halogens is 2. The van der Waals surface area contributed by atoms with Crippen molar-refractivity contribution >= 4 is 11.7 Å². The van der Waals surface area contributed by atoms with Crippen molar-refractivity contribution in [1.29, 1.82) is 0 Å². The summed E-state index contributed by atoms with van der Waals surface area (Å²) in [7, 11) is 0. The first kappa shape index (κ1) is 14.7. The smallest absolute Gasteiger partial charge is 0.340 e. The van der Waals surface area contributed by atoms with Gasteiger partial charge in [-0.05, 0) is 19.1 Å². The standard InChI is InChI=1S/C14H12F2N2O3/c1-2-20-14(19)9-6-13(18-7-12(9)17)21-8-3-4-10(15)11(16)5-8/h3-7H,2,17H2,1H3. The van der Waals surface area contributed by atoms with Gasteiger partial charge in [-0.1, -0.05) is 0 Å². The van der Waals surface area contributed by atoms with Gasteiger partial charge in [-0.2, -0.15) is 0 Å². The van der Waals surface area contributed by atoms with Crippen LogP contribution in [0.4, 0.5) is 14.5 Å². The molecular weight excluding hydrogens is 282 g/mol. The zero-order valence-corrected chi connectivity index (χ0v) is 11.1. The van der Waals surface area contributed by atoms with Gasteiger partial charge in [-0.15, -0.1) is 0 Å². The zero-order valence-electron chi connectivity index (χ0n) is 11.1. The van der Waals surface area contributed by atoms with Crippen LogP contribution < -0.4 is 10.5 Å². The number of rotatable bonds is 4. The number of hydrogen-bond donors (Lipinski definition) is 1. The highest BCUT2D eigenvalue weighted by Gasteiger charge is 2.14. The molecule has 0 saturated heterocycles. The molecule has 0 unspecified atom stereocenters. The normalized spacial score (nSPS) is 10.2. The fourth-order valence-corrected chi connectivity index (χ4v) is 1.55. The van der Waals surface area contributed by atoms with Crippen molar-refractivity contribution in [2.45, 2.75) is 6.92 Å². The monoisotopic (exact) mass is 294 g/mol. The summed E-state index contributed by atoms with van der Waals surface area (Å²) < 4.78 is 36.0. The first-order chi connectivity index (χ1) is 10.0. The van der Waals surface area contributed by atoms with Gasteiger partial charge in [0.05, 0.1) is 24.1 Å². The maximum atomic E-state index is 13.1. The van der Waals surface area contributed by atoms with Crippen molar-refractivity contribution in [2.75, 3.05) is 12.3 Å². The second-order valence-corrected chi connectivity index (χ2v) is 4.01. The molecule has 0 saturated carbocycles. The van der Waals surface area contributed by atoms with Gasteiger partial charge < -0.3 is 15.2 Å². The van der Waals surface area contributed by atoms with Gasteiger partial charge in [0.15, 0.2) is 11.6 Å². The highest BCUT2D eigenvalue weighted by Crippen LogP contribution is 2.24. The summed E-state index contributed by atoms with van der Waals surface area (Å²) in [6, 6.07) is 4.31. The van der Waals surface area contributed by atoms with Crippen molar-refractivity contribution in [2.24, 2.45) is 0 Å². The Hall–Kier alpha value is -2.70. The predicted molar refractivity (Wildman–Crippen MR) is 71.0 cm³/mol. The minimum atomic E-state index is -1.05. The third-order valence-corrected chi connectivity index (χ3v) is 2.52. The van der Waals surface area contributed by atoms with Gasteiger partial charge >= 0.3 is 5.97 Å². The Bertz CT molecular complexity index is 677. The van der Waals surface area contributed by atoms with Crippen molar-refractivity contribution in [3.63, 3.8) is 0 Å². The van der Waals surface area contributed by atoms with Crippen molar-refractivity contribution in [1.82, 2.24) is 4.98 Å². The summed E-state index contributed by atoms with van der Waals surface area (Å²) in [5.74, 6) is -2.60. The number of anilines is 1. The molecular formula is C14H12F2N2O3. The van der Waals surface area contributed by atoms with Crippen LogP contribution in [0.15, 0.2) is 30.5 Å². The largest absolute Gasteiger partial charge is 0.462 e. The van der Waals surface area contributed by atoms with Crippen LogP contribution >= 0.6 is 0 Å². The molecule has 2 rings (SSSR count). The van der Waals surface area contributed by atoms with Crippen LogP contribution in [0.25, 0.3) is 0 Å². The van der Waals surface area contributed by atoms with Gasteiger partial charge in [0.2, 0.25) is 5.88 Å². The molecule has 0 amide bonds. The summed E-state index contributed by atoms with van der Waals surface area (Å²) in [6.45, 7) is 1.86. The van der Waals surface area contributed by atoms with Crippen molar-refractivity contribution < 1.29 is 23.0 Å². The molecule has 2 N–H and O–H groups in total. The zero-order chi connectivity index (χ0) is 15.4. The van der Waals surface area contributed by atoms with Gasteiger partial charge in [0, 0.05) is 12.1 Å². The topological polar surface area (TPSA) is 74.4 Å². The Morgan fingerprint density at radius 3 is 2.71 bits per heavy atom. The molecule has 0 aliphatic rings. The lowest BCUT2D eigenvalue weighted by atomic mass is 10.2. The van der Waals surface area contributed by atoms with E-state index in [4.69, 9.17) is 15.2 Å². The number of nitrogens with two attached hydrogens (primary N) is 1. The molecule has 0 atom stereocenters. The van der Waals surface area contributed by atoms with Crippen LogP contribution in [-0.4, -0.2) is 17.6 Å². The maximum Gasteiger partial charge on any atom is 0.340 e. The highest BCUT2D eigenvalue weighted by molar-refractivity contribution is 5.95. The molecule has 1 heterocycles. The number of aromatic nitrogens is 1. The number of nitrogens with zero attached hydrogens (tertiary/aromatic N) is 1. The number of pyridine rings is 1. The number of ether oxygens (including phenoxy) is 2. The van der Waals surface area contributed by atoms with Gasteiger partial charge in [-0.3, -0.25) is 0 Å². The first-order valence-electron chi connectivity index (χ1n) is 6.06. The van der Waals surface area contributed by atoms with E-state index >= 15 is 0 Å². The molecule has 0 spiro atoms. The van der Waals surface area contributed by atoms with E-state index in [0.717, 1.165) is 12.1 Å². The van der Waals surface area contributed by atoms with E-state index in [2.05, 4.69) is 4.98 Å². The Kier molecular flexibility index (Phi) is 4.32. The van der Waals surface area contributed by atoms with Crippen molar-refractivity contribution in [3.8, 4) is 11.6 Å². The first-order valence-corrected chi connectivity index (χ1v) is 6.06. The second kappa shape index (κ2) is 6.17. The molecule has 7 heteroatoms. The summed E-state index contributed by atoms with van der Waals surface area (Å²) in [4.78, 5) is 15.5. The summed E-state index contributed by atoms with van der Waals surface area (Å²) >= 11 is 0. The van der Waals surface area contributed by atoms with Gasteiger partial charge in [-0.25, -0.2) is 18.6 Å². The van der Waals surface area contributed by atoms with E-state index in [-0.39, 0.29) is 29.5 Å². The van der Waals surface area contributed by atoms with Gasteiger partial charge in [0.1, 0.15) is 5.75 Å². The summed E-state index contributed by atoms with van der Waals surface area (Å²) in [5.41, 5.74) is 5.85. The van der Waals surface area contributed by atoms with Crippen LogP contribution in [0.3, 0.4) is 0 Å². The lowest BCUT2D eigenvalue weighted by molar-refractivity contribution is 0.0527. The average molecular weight is 294 g/mol. The fraction of sp³-hybridized carbons (Fsp3) is 0.143. The van der Waals surface area contributed by atoms with E-state index in [1.165, 1.54) is 18.3 Å². The minimum absolute atomic E-state index is 0.0123. The fourth-order valence-electron chi connectivity index (χ4n) is 1.55. The molecule has 2 aromatic rings. The molecule has 0 fully saturated rings. The number of benzene rings is 1. The molecule has 110 valence electrons. The molecule has 1 aromatic heterocycles. The number of carbonyl (C=O) groups is 1. The van der Waals surface area contributed by atoms with Crippen LogP contribution in [0.1, 0.15) is 17.3 Å². The van der Waals surface area contributed by atoms with E-state index in [1.54, 1.807) is 6.92 Å². The number of nitrogen functional groups attached to an aromatic ring is 1. The predicted octanol–water partition coefficient (Wildman–Crippen LogP) is 2.91. The molecule has 0 bridgehead atoms. The molecule has 5 nitrogen and oxygen atoms in total. The summed E-state index contributed by atoms with van der Waals surface area (Å²) in [5, 5.41) is 0. The average Bonchev–Trinajstić information content (AvgIpc) is 2.45. The quantitative estimate of drug-likeness (QED) is 0.878. The SMILES string of the molecule is CCOC(=O)c1cc(Oc2ccc(F)c(F)c2)ncc1N. The number of esters is 1. The Morgan fingerprint density at radius 1 is 1.29 bits per heavy atom. The second-order valence-electron chi connectivity index (χ2n) is 4.01. The Morgan fingerprint density at radius 2 is 2.05 bits per heavy atom. The van der Waals surface area contributed by atoms with E-state index in [1.807, 2.05) is 0 Å². The van der Waals surface area contributed by atoms with Crippen LogP contribution in [-0.2, 0) is 4.74 Å². The van der Waals surface area contributed by atoms with Crippen LogP contribution in [0, 0.1) is 11.6 Å². The molecule has 21 heavy (non-hydrogen) atoms.